The van der Waals surface area contributed by atoms with E-state index >= 15 is 0 Å². The Bertz CT molecular complexity index is 1000. The fourth-order valence-electron chi connectivity index (χ4n) is 8.26. The maximum atomic E-state index is 12.3. The highest BCUT2D eigenvalue weighted by atomic mass is 16.7. The molecule has 5 aliphatic rings. The Kier molecular flexibility index (Phi) is 6.12. The molecule has 5 rings (SSSR count). The van der Waals surface area contributed by atoms with E-state index in [9.17, 15) is 19.2 Å². The van der Waals surface area contributed by atoms with Gasteiger partial charge in [-0.05, 0) is 93.0 Å². The van der Waals surface area contributed by atoms with Gasteiger partial charge < -0.3 is 9.68 Å². The summed E-state index contributed by atoms with van der Waals surface area (Å²) in [7, 11) is 0. The summed E-state index contributed by atoms with van der Waals surface area (Å²) in [6.45, 7) is 6.12. The van der Waals surface area contributed by atoms with Crippen LogP contribution in [0.25, 0.3) is 0 Å². The number of ketones is 1. The van der Waals surface area contributed by atoms with Gasteiger partial charge in [0.1, 0.15) is 5.78 Å². The van der Waals surface area contributed by atoms with Gasteiger partial charge in [0.2, 0.25) is 6.61 Å². The van der Waals surface area contributed by atoms with Crippen LogP contribution in [-0.2, 0) is 28.9 Å². The molecule has 0 aromatic rings. The molecule has 8 nitrogen and oxygen atoms in total. The van der Waals surface area contributed by atoms with Gasteiger partial charge in [0, 0.05) is 18.8 Å². The van der Waals surface area contributed by atoms with Gasteiger partial charge in [0.05, 0.1) is 5.71 Å². The molecule has 6 atom stereocenters. The summed E-state index contributed by atoms with van der Waals surface area (Å²) in [4.78, 5) is 57.5. The van der Waals surface area contributed by atoms with Crippen LogP contribution in [0.5, 0.6) is 0 Å². The van der Waals surface area contributed by atoms with Crippen molar-refractivity contribution in [3.63, 3.8) is 0 Å². The number of fused-ring (bicyclic) bond motifs is 5. The molecular weight excluding hydrogens is 448 g/mol. The Hall–Kier alpha value is -2.51. The molecule has 1 saturated heterocycles. The summed E-state index contributed by atoms with van der Waals surface area (Å²) in [5.74, 6) is 0.716. The molecule has 190 valence electrons. The molecule has 0 aromatic carbocycles. The van der Waals surface area contributed by atoms with Gasteiger partial charge >= 0.3 is 5.97 Å². The molecule has 35 heavy (non-hydrogen) atoms. The highest BCUT2D eigenvalue weighted by Gasteiger charge is 2.59. The molecule has 0 spiro atoms. The summed E-state index contributed by atoms with van der Waals surface area (Å²) in [6.07, 6.45) is 10.8. The minimum atomic E-state index is -0.822. The second-order valence-corrected chi connectivity index (χ2v) is 11.7. The van der Waals surface area contributed by atoms with Gasteiger partial charge in [-0.1, -0.05) is 24.6 Å². The quantitative estimate of drug-likeness (QED) is 0.429. The normalized spacial score (nSPS) is 39.6. The first kappa shape index (κ1) is 24.2. The van der Waals surface area contributed by atoms with Crippen LogP contribution >= 0.6 is 0 Å². The summed E-state index contributed by atoms with van der Waals surface area (Å²) in [5.41, 5.74) is 2.55. The number of carbonyl (C=O) groups is 4. The Morgan fingerprint density at radius 3 is 2.46 bits per heavy atom. The van der Waals surface area contributed by atoms with Gasteiger partial charge in [-0.3, -0.25) is 14.4 Å². The van der Waals surface area contributed by atoms with E-state index in [-0.39, 0.29) is 29.6 Å². The van der Waals surface area contributed by atoms with Gasteiger partial charge in [-0.15, -0.1) is 5.06 Å². The lowest BCUT2D eigenvalue weighted by Gasteiger charge is -2.58. The summed E-state index contributed by atoms with van der Waals surface area (Å²) >= 11 is 0. The number of oxime groups is 1. The van der Waals surface area contributed by atoms with Crippen molar-refractivity contribution in [2.45, 2.75) is 85.0 Å². The van der Waals surface area contributed by atoms with Crippen molar-refractivity contribution in [3.8, 4) is 0 Å². The Morgan fingerprint density at radius 1 is 1.00 bits per heavy atom. The minimum Gasteiger partial charge on any atom is -0.383 e. The molecule has 0 bridgehead atoms. The van der Waals surface area contributed by atoms with E-state index in [1.807, 2.05) is 0 Å². The van der Waals surface area contributed by atoms with E-state index in [1.165, 1.54) is 18.4 Å². The first-order valence-corrected chi connectivity index (χ1v) is 13.1. The van der Waals surface area contributed by atoms with Crippen molar-refractivity contribution in [3.05, 3.63) is 11.6 Å². The number of allylic oxidation sites excluding steroid dienone is 2. The number of nitrogens with zero attached hydrogens (tertiary/aromatic N) is 2. The van der Waals surface area contributed by atoms with Gasteiger partial charge in [-0.25, -0.2) is 4.79 Å². The Labute approximate surface area is 206 Å². The fraction of sp³-hybridized carbons (Fsp3) is 0.741. The number of imide groups is 1. The van der Waals surface area contributed by atoms with Crippen LogP contribution in [0.4, 0.5) is 0 Å². The van der Waals surface area contributed by atoms with Crippen molar-refractivity contribution in [1.29, 1.82) is 0 Å². The molecule has 4 fully saturated rings. The summed E-state index contributed by atoms with van der Waals surface area (Å²) in [5, 5.41) is 4.69. The summed E-state index contributed by atoms with van der Waals surface area (Å²) in [6, 6.07) is 0. The third-order valence-electron chi connectivity index (χ3n) is 10.0. The van der Waals surface area contributed by atoms with Crippen molar-refractivity contribution in [2.75, 3.05) is 6.61 Å². The van der Waals surface area contributed by atoms with Crippen LogP contribution in [-0.4, -0.2) is 40.9 Å². The zero-order valence-electron chi connectivity index (χ0n) is 21.0. The second kappa shape index (κ2) is 8.86. The van der Waals surface area contributed by atoms with Crippen molar-refractivity contribution in [1.82, 2.24) is 5.06 Å². The fourth-order valence-corrected chi connectivity index (χ4v) is 8.26. The van der Waals surface area contributed by atoms with Gasteiger partial charge in [-0.2, -0.15) is 0 Å². The highest BCUT2D eigenvalue weighted by Crippen LogP contribution is 2.66. The zero-order chi connectivity index (χ0) is 25.0. The Morgan fingerprint density at radius 2 is 1.74 bits per heavy atom. The molecule has 4 aliphatic carbocycles. The first-order valence-electron chi connectivity index (χ1n) is 13.1. The van der Waals surface area contributed by atoms with Crippen LogP contribution in [0.1, 0.15) is 85.0 Å². The maximum Gasteiger partial charge on any atom is 0.373 e. The molecule has 2 amide bonds. The summed E-state index contributed by atoms with van der Waals surface area (Å²) < 4.78 is 0. The van der Waals surface area contributed by atoms with Crippen molar-refractivity contribution < 1.29 is 28.9 Å². The van der Waals surface area contributed by atoms with Crippen LogP contribution in [0.15, 0.2) is 16.8 Å². The lowest BCUT2D eigenvalue weighted by Crippen LogP contribution is -2.51. The number of amides is 2. The zero-order valence-corrected chi connectivity index (χ0v) is 21.0. The average molecular weight is 485 g/mol. The van der Waals surface area contributed by atoms with E-state index in [2.05, 4.69) is 25.1 Å². The third-order valence-corrected chi connectivity index (χ3v) is 10.0. The molecule has 0 radical (unpaired) electrons. The number of hydrogen-bond donors (Lipinski definition) is 0. The number of hydroxylamine groups is 2. The number of carbonyl (C=O) groups excluding carboxylic acids is 4. The molecule has 0 aromatic heterocycles. The maximum absolute atomic E-state index is 12.3. The van der Waals surface area contributed by atoms with E-state index < -0.39 is 24.4 Å². The van der Waals surface area contributed by atoms with Gasteiger partial charge in [0.25, 0.3) is 11.8 Å². The predicted molar refractivity (Wildman–Crippen MR) is 126 cm³/mol. The molecular formula is C27H36N2O6. The number of rotatable bonds is 5. The van der Waals surface area contributed by atoms with E-state index in [4.69, 9.17) is 9.68 Å². The van der Waals surface area contributed by atoms with E-state index in [0.29, 0.717) is 28.6 Å². The molecule has 8 heteroatoms. The number of hydrogen-bond acceptors (Lipinski definition) is 7. The minimum absolute atomic E-state index is 0.0563. The monoisotopic (exact) mass is 484 g/mol. The van der Waals surface area contributed by atoms with Crippen LogP contribution < -0.4 is 0 Å². The topological polar surface area (TPSA) is 102 Å². The Balaban J connectivity index is 1.22. The highest BCUT2D eigenvalue weighted by molar-refractivity contribution is 6.01. The molecule has 0 unspecified atom stereocenters. The molecule has 1 aliphatic heterocycles. The second-order valence-electron chi connectivity index (χ2n) is 11.7. The molecule has 0 N–H and O–H groups in total. The van der Waals surface area contributed by atoms with Crippen LogP contribution in [0, 0.1) is 34.5 Å². The van der Waals surface area contributed by atoms with E-state index in [0.717, 1.165) is 44.2 Å². The standard InChI is InChI=1S/C27H36N2O6/c1-16(30)20-6-7-21-19-5-4-17-14-18(10-12-26(17,2)22(19)11-13-27(20,21)3)28-34-15-25(33)35-29-23(31)8-9-24(29)32/h14,19-22H,4-13,15H2,1-3H3/b28-18-/t19-,20+,21+,22-,26+,27-/m1/s1. The molecule has 3 saturated carbocycles. The smallest absolute Gasteiger partial charge is 0.373 e. The largest absolute Gasteiger partial charge is 0.383 e. The lowest BCUT2D eigenvalue weighted by atomic mass is 9.46. The van der Waals surface area contributed by atoms with Gasteiger partial charge in [0.15, 0.2) is 0 Å². The average Bonchev–Trinajstić information content (AvgIpc) is 3.33. The van der Waals surface area contributed by atoms with Crippen molar-refractivity contribution >= 4 is 29.3 Å². The predicted octanol–water partition coefficient (Wildman–Crippen LogP) is 4.13. The molecule has 1 heterocycles. The van der Waals surface area contributed by atoms with Crippen LogP contribution in [0.2, 0.25) is 0 Å². The SMILES string of the molecule is CC(=O)[C@@H]1CC[C@H]2[C@H]3CCC4=C/C(=N\OCC(=O)ON5C(=O)CCC5=O)CC[C@]4(C)[C@@H]3CC[C@]12C. The van der Waals surface area contributed by atoms with Crippen LogP contribution in [0.3, 0.4) is 0 Å². The first-order chi connectivity index (χ1) is 16.6. The lowest BCUT2D eigenvalue weighted by molar-refractivity contribution is -0.200. The third kappa shape index (κ3) is 4.02. The number of Topliss-reactive ketones (excluding diaryl/α,β-unsaturated/α-hetero) is 1. The van der Waals surface area contributed by atoms with Crippen molar-refractivity contribution in [2.24, 2.45) is 39.7 Å². The van der Waals surface area contributed by atoms with E-state index in [1.54, 1.807) is 6.92 Å².